The third-order valence-corrected chi connectivity index (χ3v) is 5.85. The van der Waals surface area contributed by atoms with Crippen LogP contribution < -0.4 is 10.2 Å². The summed E-state index contributed by atoms with van der Waals surface area (Å²) in [7, 11) is 4.16. The molecule has 1 aliphatic rings. The van der Waals surface area contributed by atoms with Gasteiger partial charge < -0.3 is 10.2 Å². The molecule has 112 valence electrons. The summed E-state index contributed by atoms with van der Waals surface area (Å²) in [5.74, 6) is 0. The van der Waals surface area contributed by atoms with Crippen molar-refractivity contribution in [2.75, 3.05) is 24.3 Å². The molecule has 1 heterocycles. The van der Waals surface area contributed by atoms with Crippen LogP contribution in [-0.2, 0) is 6.42 Å². The van der Waals surface area contributed by atoms with Gasteiger partial charge in [-0.15, -0.1) is 11.3 Å². The van der Waals surface area contributed by atoms with Crippen LogP contribution in [0.3, 0.4) is 0 Å². The summed E-state index contributed by atoms with van der Waals surface area (Å²) in [5, 5.41) is 3.75. The molecule has 0 radical (unpaired) electrons. The highest BCUT2D eigenvalue weighted by atomic mass is 79.9. The maximum Gasteiger partial charge on any atom is 0.0705 e. The number of hydrogen-bond acceptors (Lipinski definition) is 3. The maximum atomic E-state index is 3.75. The van der Waals surface area contributed by atoms with Crippen molar-refractivity contribution in [3.8, 4) is 0 Å². The molecule has 0 saturated carbocycles. The lowest BCUT2D eigenvalue weighted by Gasteiger charge is -2.26. The van der Waals surface area contributed by atoms with E-state index in [0.29, 0.717) is 6.04 Å². The van der Waals surface area contributed by atoms with Crippen molar-refractivity contribution in [1.82, 2.24) is 0 Å². The van der Waals surface area contributed by atoms with E-state index in [4.69, 9.17) is 0 Å². The lowest BCUT2D eigenvalue weighted by Crippen LogP contribution is -2.16. The minimum atomic E-state index is 0.445. The molecule has 1 aromatic heterocycles. The molecule has 0 bridgehead atoms. The third-order valence-electron chi connectivity index (χ3n) is 4.14. The van der Waals surface area contributed by atoms with E-state index in [-0.39, 0.29) is 0 Å². The van der Waals surface area contributed by atoms with E-state index in [9.17, 15) is 0 Å². The van der Waals surface area contributed by atoms with Crippen LogP contribution in [0.5, 0.6) is 0 Å². The molecular weight excluding hydrogens is 344 g/mol. The van der Waals surface area contributed by atoms with Gasteiger partial charge in [0.25, 0.3) is 0 Å². The molecule has 0 amide bonds. The minimum absolute atomic E-state index is 0.445. The van der Waals surface area contributed by atoms with Gasteiger partial charge in [0.15, 0.2) is 0 Å². The van der Waals surface area contributed by atoms with Crippen LogP contribution in [0.4, 0.5) is 11.4 Å². The predicted molar refractivity (Wildman–Crippen MR) is 96.8 cm³/mol. The molecule has 1 aliphatic carbocycles. The van der Waals surface area contributed by atoms with Gasteiger partial charge in [-0.3, -0.25) is 0 Å². The summed E-state index contributed by atoms with van der Waals surface area (Å²) in [5.41, 5.74) is 5.29. The van der Waals surface area contributed by atoms with E-state index >= 15 is 0 Å². The second kappa shape index (κ2) is 6.01. The molecule has 1 atom stereocenters. The van der Waals surface area contributed by atoms with E-state index < -0.39 is 0 Å². The molecule has 2 nitrogen and oxygen atoms in total. The maximum absolute atomic E-state index is 3.75. The Labute approximate surface area is 139 Å². The number of nitrogens with one attached hydrogen (secondary N) is 1. The highest BCUT2D eigenvalue weighted by molar-refractivity contribution is 9.11. The van der Waals surface area contributed by atoms with E-state index in [1.165, 1.54) is 50.4 Å². The first-order chi connectivity index (χ1) is 10.0. The van der Waals surface area contributed by atoms with Gasteiger partial charge in [-0.05, 0) is 77.5 Å². The number of fused-ring (bicyclic) bond motifs is 1. The Morgan fingerprint density at radius 3 is 2.81 bits per heavy atom. The first-order valence-electron chi connectivity index (χ1n) is 7.37. The van der Waals surface area contributed by atoms with Gasteiger partial charge in [0.2, 0.25) is 0 Å². The molecule has 2 aromatic rings. The Hall–Kier alpha value is -1.00. The van der Waals surface area contributed by atoms with Gasteiger partial charge in [0, 0.05) is 30.3 Å². The van der Waals surface area contributed by atoms with Gasteiger partial charge in [0.1, 0.15) is 0 Å². The molecule has 1 aromatic carbocycles. The fourth-order valence-corrected chi connectivity index (χ4v) is 4.77. The number of halogens is 1. The van der Waals surface area contributed by atoms with Gasteiger partial charge >= 0.3 is 0 Å². The largest absolute Gasteiger partial charge is 0.378 e. The fraction of sp³-hybridized carbons (Fsp3) is 0.412. The van der Waals surface area contributed by atoms with Crippen molar-refractivity contribution in [3.05, 3.63) is 44.1 Å². The fourth-order valence-electron chi connectivity index (χ4n) is 2.95. The van der Waals surface area contributed by atoms with E-state index in [1.54, 1.807) is 0 Å². The Balaban J connectivity index is 1.84. The summed E-state index contributed by atoms with van der Waals surface area (Å²) in [6, 6.07) is 9.37. The van der Waals surface area contributed by atoms with Crippen molar-refractivity contribution in [1.29, 1.82) is 0 Å². The normalized spacial score (nSPS) is 17.4. The van der Waals surface area contributed by atoms with Crippen molar-refractivity contribution in [2.24, 2.45) is 0 Å². The average molecular weight is 365 g/mol. The Morgan fingerprint density at radius 1 is 1.29 bits per heavy atom. The highest BCUT2D eigenvalue weighted by Gasteiger charge is 2.22. The number of nitrogens with zero attached hydrogens (tertiary/aromatic N) is 1. The molecule has 4 heteroatoms. The number of anilines is 2. The topological polar surface area (TPSA) is 15.3 Å². The number of aryl methyl sites for hydroxylation is 2. The van der Waals surface area contributed by atoms with Crippen LogP contribution >= 0.6 is 27.3 Å². The van der Waals surface area contributed by atoms with Crippen LogP contribution in [0.2, 0.25) is 0 Å². The lowest BCUT2D eigenvalue weighted by molar-refractivity contribution is 0.608. The molecule has 1 N–H and O–H groups in total. The SMILES string of the molecule is Cc1cc(N(C)C)ccc1NC1CCCc2sc(Br)cc21. The Bertz CT molecular complexity index is 648. The molecular formula is C17H21BrN2S. The van der Waals surface area contributed by atoms with Crippen molar-refractivity contribution < 1.29 is 0 Å². The zero-order chi connectivity index (χ0) is 15.0. The van der Waals surface area contributed by atoms with Crippen LogP contribution in [0, 0.1) is 6.92 Å². The van der Waals surface area contributed by atoms with Crippen LogP contribution in [0.15, 0.2) is 28.1 Å². The standard InChI is InChI=1S/C17H21BrN2S/c1-11-9-12(20(2)3)7-8-14(11)19-15-5-4-6-16-13(15)10-17(18)21-16/h7-10,15,19H,4-6H2,1-3H3. The summed E-state index contributed by atoms with van der Waals surface area (Å²) in [4.78, 5) is 3.68. The van der Waals surface area contributed by atoms with Gasteiger partial charge in [-0.1, -0.05) is 0 Å². The smallest absolute Gasteiger partial charge is 0.0705 e. The molecule has 1 unspecified atom stereocenters. The predicted octanol–water partition coefficient (Wildman–Crippen LogP) is 5.37. The lowest BCUT2D eigenvalue weighted by atomic mass is 9.93. The van der Waals surface area contributed by atoms with E-state index in [2.05, 4.69) is 71.4 Å². The van der Waals surface area contributed by atoms with Gasteiger partial charge in [-0.2, -0.15) is 0 Å². The average Bonchev–Trinajstić information content (AvgIpc) is 2.82. The van der Waals surface area contributed by atoms with E-state index in [0.717, 1.165) is 0 Å². The Morgan fingerprint density at radius 2 is 2.10 bits per heavy atom. The first kappa shape index (κ1) is 14.9. The first-order valence-corrected chi connectivity index (χ1v) is 8.98. The van der Waals surface area contributed by atoms with Crippen LogP contribution in [0.1, 0.15) is 34.9 Å². The molecule has 0 saturated heterocycles. The zero-order valence-corrected chi connectivity index (χ0v) is 15.1. The number of thiophene rings is 1. The summed E-state index contributed by atoms with van der Waals surface area (Å²) >= 11 is 5.52. The van der Waals surface area contributed by atoms with Gasteiger partial charge in [0.05, 0.1) is 9.83 Å². The molecule has 3 rings (SSSR count). The Kier molecular flexibility index (Phi) is 4.27. The second-order valence-electron chi connectivity index (χ2n) is 5.91. The number of rotatable bonds is 3. The third kappa shape index (κ3) is 3.11. The monoisotopic (exact) mass is 364 g/mol. The zero-order valence-electron chi connectivity index (χ0n) is 12.7. The summed E-state index contributed by atoms with van der Waals surface area (Å²) in [6.07, 6.45) is 3.71. The van der Waals surface area contributed by atoms with Crippen LogP contribution in [0.25, 0.3) is 0 Å². The van der Waals surface area contributed by atoms with E-state index in [1.807, 2.05) is 11.3 Å². The minimum Gasteiger partial charge on any atom is -0.378 e. The molecule has 0 spiro atoms. The number of hydrogen-bond donors (Lipinski definition) is 1. The van der Waals surface area contributed by atoms with Gasteiger partial charge in [-0.25, -0.2) is 0 Å². The van der Waals surface area contributed by atoms with Crippen molar-refractivity contribution in [3.63, 3.8) is 0 Å². The summed E-state index contributed by atoms with van der Waals surface area (Å²) < 4.78 is 1.25. The van der Waals surface area contributed by atoms with Crippen LogP contribution in [-0.4, -0.2) is 14.1 Å². The number of benzene rings is 1. The molecule has 21 heavy (non-hydrogen) atoms. The quantitative estimate of drug-likeness (QED) is 0.786. The summed E-state index contributed by atoms with van der Waals surface area (Å²) in [6.45, 7) is 2.18. The van der Waals surface area contributed by atoms with Crippen molar-refractivity contribution in [2.45, 2.75) is 32.2 Å². The molecule has 0 aliphatic heterocycles. The second-order valence-corrected chi connectivity index (χ2v) is 8.43. The highest BCUT2D eigenvalue weighted by Crippen LogP contribution is 2.40. The molecule has 0 fully saturated rings. The van der Waals surface area contributed by atoms with Crippen molar-refractivity contribution >= 4 is 38.6 Å².